The van der Waals surface area contributed by atoms with Crippen LogP contribution in [0.3, 0.4) is 0 Å². The Bertz CT molecular complexity index is 637. The monoisotopic (exact) mass is 392 g/mol. The fraction of sp³-hybridized carbons (Fsp3) is 0.636. The van der Waals surface area contributed by atoms with Crippen molar-refractivity contribution in [3.05, 3.63) is 35.4 Å². The predicted molar refractivity (Wildman–Crippen MR) is 104 cm³/mol. The van der Waals surface area contributed by atoms with Gasteiger partial charge in [-0.3, -0.25) is 4.89 Å². The van der Waals surface area contributed by atoms with E-state index in [2.05, 4.69) is 42.5 Å². The summed E-state index contributed by atoms with van der Waals surface area (Å²) in [5.41, 5.74) is 1.59. The Morgan fingerprint density at radius 3 is 2.43 bits per heavy atom. The molecule has 1 aliphatic carbocycles. The molecule has 0 aliphatic heterocycles. The van der Waals surface area contributed by atoms with Crippen LogP contribution in [0.25, 0.3) is 0 Å². The molecule has 28 heavy (non-hydrogen) atoms. The van der Waals surface area contributed by atoms with Gasteiger partial charge in [0, 0.05) is 0 Å². The van der Waals surface area contributed by atoms with Crippen molar-refractivity contribution in [2.45, 2.75) is 78.7 Å². The van der Waals surface area contributed by atoms with Crippen molar-refractivity contribution < 1.29 is 29.1 Å². The zero-order valence-corrected chi connectivity index (χ0v) is 17.4. The second-order valence-electron chi connectivity index (χ2n) is 8.58. The lowest BCUT2D eigenvalue weighted by atomic mass is 9.71. The van der Waals surface area contributed by atoms with Crippen LogP contribution in [0.5, 0.6) is 0 Å². The molecular weight excluding hydrogens is 360 g/mol. The van der Waals surface area contributed by atoms with Gasteiger partial charge in [0.1, 0.15) is 6.10 Å². The van der Waals surface area contributed by atoms with Gasteiger partial charge in [-0.15, -0.1) is 0 Å². The van der Waals surface area contributed by atoms with Gasteiger partial charge in [-0.1, -0.05) is 52.7 Å². The first-order valence-electron chi connectivity index (χ1n) is 10.1. The van der Waals surface area contributed by atoms with Gasteiger partial charge in [0.15, 0.2) is 0 Å². The van der Waals surface area contributed by atoms with Crippen molar-refractivity contribution in [3.63, 3.8) is 0 Å². The zero-order chi connectivity index (χ0) is 20.6. The van der Waals surface area contributed by atoms with Crippen molar-refractivity contribution in [3.8, 4) is 0 Å². The van der Waals surface area contributed by atoms with E-state index in [9.17, 15) is 9.59 Å². The minimum atomic E-state index is -1.01. The Hall–Kier alpha value is -2.08. The molecule has 0 radical (unpaired) electrons. The summed E-state index contributed by atoms with van der Waals surface area (Å²) in [5.74, 6) is -0.273. The topological polar surface area (TPSA) is 71.1 Å². The molecule has 0 saturated heterocycles. The number of carbonyl (C=O) groups excluding carboxylic acids is 2. The molecule has 0 bridgehead atoms. The highest BCUT2D eigenvalue weighted by Gasteiger charge is 2.34. The van der Waals surface area contributed by atoms with Crippen molar-refractivity contribution in [2.24, 2.45) is 11.3 Å². The maximum Gasteiger partial charge on any atom is 0.543 e. The van der Waals surface area contributed by atoms with Crippen LogP contribution in [0.4, 0.5) is 4.79 Å². The fourth-order valence-corrected chi connectivity index (χ4v) is 4.01. The molecule has 6 heteroatoms. The molecule has 1 fully saturated rings. The summed E-state index contributed by atoms with van der Waals surface area (Å²) in [5, 5.41) is 4.32. The quantitative estimate of drug-likeness (QED) is 0.241. The van der Waals surface area contributed by atoms with Crippen molar-refractivity contribution in [2.75, 3.05) is 0 Å². The molecule has 2 unspecified atom stereocenters. The summed E-state index contributed by atoms with van der Waals surface area (Å²) in [6.45, 7) is 8.60. The highest BCUT2D eigenvalue weighted by molar-refractivity contribution is 5.88. The molecule has 0 aromatic heterocycles. The molecular formula is C22H32O6. The van der Waals surface area contributed by atoms with Crippen LogP contribution in [0.1, 0.15) is 82.1 Å². The third kappa shape index (κ3) is 7.50. The largest absolute Gasteiger partial charge is 0.543 e. The van der Waals surface area contributed by atoms with Gasteiger partial charge in [-0.2, -0.15) is 0 Å². The number of ether oxygens (including phenoxy) is 1. The van der Waals surface area contributed by atoms with Crippen LogP contribution < -0.4 is 0 Å². The Morgan fingerprint density at radius 2 is 1.79 bits per heavy atom. The van der Waals surface area contributed by atoms with Crippen LogP contribution >= 0.6 is 0 Å². The molecule has 6 nitrogen and oxygen atoms in total. The number of benzene rings is 1. The zero-order valence-electron chi connectivity index (χ0n) is 17.4. The number of carbonyl (C=O) groups is 2. The summed E-state index contributed by atoms with van der Waals surface area (Å²) in [4.78, 5) is 32.6. The van der Waals surface area contributed by atoms with E-state index in [-0.39, 0.29) is 11.5 Å². The van der Waals surface area contributed by atoms with Crippen LogP contribution in [0.15, 0.2) is 24.3 Å². The lowest BCUT2D eigenvalue weighted by Gasteiger charge is -2.37. The van der Waals surface area contributed by atoms with E-state index in [0.717, 1.165) is 37.7 Å². The van der Waals surface area contributed by atoms with E-state index < -0.39 is 12.1 Å². The third-order valence-electron chi connectivity index (χ3n) is 5.08. The van der Waals surface area contributed by atoms with E-state index >= 15 is 0 Å². The fourth-order valence-electron chi connectivity index (χ4n) is 4.01. The molecule has 0 amide bonds. The van der Waals surface area contributed by atoms with Gasteiger partial charge < -0.3 is 4.74 Å². The van der Waals surface area contributed by atoms with Crippen molar-refractivity contribution >= 4 is 12.1 Å². The molecule has 0 heterocycles. The van der Waals surface area contributed by atoms with Crippen molar-refractivity contribution in [1.29, 1.82) is 0 Å². The first kappa shape index (κ1) is 22.2. The molecule has 1 aromatic rings. The minimum absolute atomic E-state index is 0.110. The number of hydrogen-bond acceptors (Lipinski definition) is 6. The van der Waals surface area contributed by atoms with Gasteiger partial charge in [0.25, 0.3) is 0 Å². The second-order valence-corrected chi connectivity index (χ2v) is 8.58. The standard InChI is InChI=1S/C22H32O6/c1-5-6-7-8-17-9-11-18(12-10-17)20(23)26-28-27-21(24)25-19-13-16(2)14-22(3,4)15-19/h9-12,16,19H,5-8,13-15H2,1-4H3. The van der Waals surface area contributed by atoms with Gasteiger partial charge >= 0.3 is 12.1 Å². The smallest absolute Gasteiger partial charge is 0.429 e. The average Bonchev–Trinajstić information content (AvgIpc) is 2.60. The maximum atomic E-state index is 11.9. The highest BCUT2D eigenvalue weighted by Crippen LogP contribution is 2.39. The molecule has 1 saturated carbocycles. The summed E-state index contributed by atoms with van der Waals surface area (Å²) >= 11 is 0. The van der Waals surface area contributed by atoms with Crippen molar-refractivity contribution in [1.82, 2.24) is 0 Å². The van der Waals surface area contributed by atoms with Gasteiger partial charge in [0.05, 0.1) is 10.6 Å². The average molecular weight is 392 g/mol. The summed E-state index contributed by atoms with van der Waals surface area (Å²) in [7, 11) is 0. The van der Waals surface area contributed by atoms with Crippen LogP contribution in [0, 0.1) is 11.3 Å². The Kier molecular flexibility index (Phi) is 8.30. The molecule has 0 N–H and O–H groups in total. The third-order valence-corrected chi connectivity index (χ3v) is 5.08. The number of rotatable bonds is 8. The second kappa shape index (κ2) is 10.5. The van der Waals surface area contributed by atoms with E-state index in [4.69, 9.17) is 4.74 Å². The predicted octanol–water partition coefficient (Wildman–Crippen LogP) is 5.79. The van der Waals surface area contributed by atoms with E-state index in [1.807, 2.05) is 12.1 Å². The van der Waals surface area contributed by atoms with Gasteiger partial charge in [-0.05, 0) is 61.1 Å². The number of hydrogen-bond donors (Lipinski definition) is 0. The lowest BCUT2D eigenvalue weighted by molar-refractivity contribution is -0.453. The molecule has 2 rings (SSSR count). The molecule has 1 aromatic carbocycles. The van der Waals surface area contributed by atoms with Crippen LogP contribution in [-0.2, 0) is 26.0 Å². The van der Waals surface area contributed by atoms with E-state index in [1.54, 1.807) is 12.1 Å². The van der Waals surface area contributed by atoms with E-state index in [1.165, 1.54) is 12.8 Å². The Labute approximate surface area is 167 Å². The first-order valence-corrected chi connectivity index (χ1v) is 10.1. The van der Waals surface area contributed by atoms with Gasteiger partial charge in [-0.25, -0.2) is 14.5 Å². The highest BCUT2D eigenvalue weighted by atomic mass is 17.5. The summed E-state index contributed by atoms with van der Waals surface area (Å²) in [6, 6.07) is 7.09. The Balaban J connectivity index is 1.70. The molecule has 0 spiro atoms. The first-order chi connectivity index (χ1) is 13.3. The minimum Gasteiger partial charge on any atom is -0.429 e. The summed E-state index contributed by atoms with van der Waals surface area (Å²) in [6.07, 6.45) is 5.85. The molecule has 1 aliphatic rings. The van der Waals surface area contributed by atoms with E-state index in [0.29, 0.717) is 11.5 Å². The number of aryl methyl sites for hydroxylation is 1. The maximum absolute atomic E-state index is 11.9. The Morgan fingerprint density at radius 1 is 1.07 bits per heavy atom. The normalized spacial score (nSPS) is 21.0. The molecule has 2 atom stereocenters. The van der Waals surface area contributed by atoms with Gasteiger partial charge in [0.2, 0.25) is 0 Å². The summed E-state index contributed by atoms with van der Waals surface area (Å²) < 4.78 is 5.27. The van der Waals surface area contributed by atoms with Crippen LogP contribution in [0.2, 0.25) is 0 Å². The number of unbranched alkanes of at least 4 members (excludes halogenated alkanes) is 2. The molecule has 156 valence electrons. The lowest BCUT2D eigenvalue weighted by Crippen LogP contribution is -2.34. The van der Waals surface area contributed by atoms with Crippen LogP contribution in [-0.4, -0.2) is 18.2 Å². The SMILES string of the molecule is CCCCCc1ccc(C(=O)OOOC(=O)OC2CC(C)CC(C)(C)C2)cc1.